The van der Waals surface area contributed by atoms with E-state index in [1.807, 2.05) is 0 Å². The van der Waals surface area contributed by atoms with Crippen molar-refractivity contribution in [3.05, 3.63) is 34.9 Å². The van der Waals surface area contributed by atoms with Crippen LogP contribution in [0.1, 0.15) is 50.4 Å². The first-order valence-corrected chi connectivity index (χ1v) is 7.77. The maximum atomic E-state index is 12.1. The zero-order valence-electron chi connectivity index (χ0n) is 12.6. The second kappa shape index (κ2) is 4.84. The van der Waals surface area contributed by atoms with Crippen LogP contribution in [0.25, 0.3) is 0 Å². The molecule has 3 nitrogen and oxygen atoms in total. The molecule has 1 aromatic rings. The number of hydrogen-bond donors (Lipinski definition) is 0. The van der Waals surface area contributed by atoms with Crippen LogP contribution in [0.15, 0.2) is 29.4 Å². The van der Waals surface area contributed by atoms with Crippen molar-refractivity contribution >= 4 is 23.3 Å². The lowest BCUT2D eigenvalue weighted by molar-refractivity contribution is 0.0508. The third kappa shape index (κ3) is 2.10. The molecule has 0 saturated heterocycles. The van der Waals surface area contributed by atoms with E-state index in [9.17, 15) is 4.79 Å². The van der Waals surface area contributed by atoms with E-state index in [0.29, 0.717) is 16.5 Å². The SMILES string of the molecule is CC1(C)[C@@H]2CC[C@]1(C)/C(=N\OC(=O)c1ccccc1Cl)C2. The molecule has 2 saturated carbocycles. The molecule has 0 amide bonds. The van der Waals surface area contributed by atoms with Gasteiger partial charge >= 0.3 is 5.97 Å². The molecule has 1 aromatic carbocycles. The average Bonchev–Trinajstić information content (AvgIpc) is 2.78. The van der Waals surface area contributed by atoms with Crippen LogP contribution in [-0.4, -0.2) is 11.7 Å². The van der Waals surface area contributed by atoms with Gasteiger partial charge in [0.05, 0.1) is 16.3 Å². The highest BCUT2D eigenvalue weighted by molar-refractivity contribution is 6.33. The summed E-state index contributed by atoms with van der Waals surface area (Å²) >= 11 is 6.00. The summed E-state index contributed by atoms with van der Waals surface area (Å²) in [6.07, 6.45) is 3.29. The van der Waals surface area contributed by atoms with Crippen LogP contribution in [-0.2, 0) is 4.84 Å². The molecule has 2 aliphatic carbocycles. The molecule has 2 atom stereocenters. The van der Waals surface area contributed by atoms with Gasteiger partial charge in [-0.3, -0.25) is 0 Å². The van der Waals surface area contributed by atoms with E-state index in [0.717, 1.165) is 18.6 Å². The Morgan fingerprint density at radius 2 is 2.05 bits per heavy atom. The lowest BCUT2D eigenvalue weighted by Gasteiger charge is -2.34. The summed E-state index contributed by atoms with van der Waals surface area (Å²) in [5.74, 6) is 0.151. The van der Waals surface area contributed by atoms with Crippen molar-refractivity contribution in [2.45, 2.75) is 40.0 Å². The fraction of sp³-hybridized carbons (Fsp3) is 0.529. The number of carbonyl (C=O) groups excluding carboxylic acids is 1. The number of nitrogens with zero attached hydrogens (tertiary/aromatic N) is 1. The third-order valence-corrected chi connectivity index (χ3v) is 6.17. The molecule has 3 rings (SSSR count). The molecule has 4 heteroatoms. The Hall–Kier alpha value is -1.35. The highest BCUT2D eigenvalue weighted by Gasteiger charge is 2.60. The van der Waals surface area contributed by atoms with E-state index in [4.69, 9.17) is 16.4 Å². The van der Waals surface area contributed by atoms with E-state index in [-0.39, 0.29) is 10.8 Å². The average molecular weight is 306 g/mol. The zero-order valence-corrected chi connectivity index (χ0v) is 13.4. The van der Waals surface area contributed by atoms with E-state index in [2.05, 4.69) is 25.9 Å². The second-order valence-corrected chi connectivity index (χ2v) is 7.30. The van der Waals surface area contributed by atoms with Crippen molar-refractivity contribution < 1.29 is 9.63 Å². The standard InChI is InChI=1S/C17H20ClNO2/c1-16(2)11-8-9-17(16,3)14(10-11)19-21-15(20)12-6-4-5-7-13(12)18/h4-7,11H,8-10H2,1-3H3/b19-14-/t11-,17-/m1/s1. The summed E-state index contributed by atoms with van der Waals surface area (Å²) in [5.41, 5.74) is 1.64. The van der Waals surface area contributed by atoms with Crippen LogP contribution in [0.5, 0.6) is 0 Å². The highest BCUT2D eigenvalue weighted by atomic mass is 35.5. The Labute approximate surface area is 130 Å². The van der Waals surface area contributed by atoms with E-state index in [1.165, 1.54) is 6.42 Å². The molecule has 0 spiro atoms. The largest absolute Gasteiger partial charge is 0.367 e. The number of hydrogen-bond acceptors (Lipinski definition) is 3. The molecule has 0 unspecified atom stereocenters. The van der Waals surface area contributed by atoms with E-state index >= 15 is 0 Å². The van der Waals surface area contributed by atoms with Gasteiger partial charge in [0.15, 0.2) is 0 Å². The normalized spacial score (nSPS) is 31.6. The summed E-state index contributed by atoms with van der Waals surface area (Å²) in [5, 5.41) is 4.59. The monoisotopic (exact) mass is 305 g/mol. The van der Waals surface area contributed by atoms with Gasteiger partial charge in [0, 0.05) is 5.41 Å². The van der Waals surface area contributed by atoms with Gasteiger partial charge in [-0.25, -0.2) is 4.79 Å². The van der Waals surface area contributed by atoms with Crippen LogP contribution in [0, 0.1) is 16.7 Å². The van der Waals surface area contributed by atoms with Gasteiger partial charge in [0.25, 0.3) is 0 Å². The summed E-state index contributed by atoms with van der Waals surface area (Å²) in [4.78, 5) is 17.2. The summed E-state index contributed by atoms with van der Waals surface area (Å²) in [6.45, 7) is 6.83. The Bertz CT molecular complexity index is 623. The molecule has 0 aromatic heterocycles. The quantitative estimate of drug-likeness (QED) is 0.587. The van der Waals surface area contributed by atoms with Gasteiger partial charge < -0.3 is 4.84 Å². The van der Waals surface area contributed by atoms with E-state index < -0.39 is 5.97 Å². The molecular weight excluding hydrogens is 286 g/mol. The van der Waals surface area contributed by atoms with Crippen LogP contribution in [0.3, 0.4) is 0 Å². The number of fused-ring (bicyclic) bond motifs is 2. The summed E-state index contributed by atoms with van der Waals surface area (Å²) < 4.78 is 0. The van der Waals surface area contributed by atoms with Crippen molar-refractivity contribution in [2.24, 2.45) is 21.9 Å². The van der Waals surface area contributed by atoms with Gasteiger partial charge in [-0.15, -0.1) is 0 Å². The molecule has 2 aliphatic rings. The molecule has 112 valence electrons. The minimum Gasteiger partial charge on any atom is -0.313 e. The molecule has 2 fully saturated rings. The summed E-state index contributed by atoms with van der Waals surface area (Å²) in [6, 6.07) is 6.87. The Balaban J connectivity index is 1.79. The maximum absolute atomic E-state index is 12.1. The Kier molecular flexibility index (Phi) is 3.36. The second-order valence-electron chi connectivity index (χ2n) is 6.89. The highest BCUT2D eigenvalue weighted by Crippen LogP contribution is 2.63. The first kappa shape index (κ1) is 14.6. The molecule has 0 aliphatic heterocycles. The number of oxime groups is 1. The van der Waals surface area contributed by atoms with Gasteiger partial charge in [0.1, 0.15) is 0 Å². The smallest absolute Gasteiger partial charge is 0.313 e. The fourth-order valence-corrected chi connectivity index (χ4v) is 4.05. The van der Waals surface area contributed by atoms with Crippen LogP contribution >= 0.6 is 11.6 Å². The predicted molar refractivity (Wildman–Crippen MR) is 83.5 cm³/mol. The van der Waals surface area contributed by atoms with Crippen LogP contribution < -0.4 is 0 Å². The number of benzene rings is 1. The van der Waals surface area contributed by atoms with Crippen molar-refractivity contribution in [3.63, 3.8) is 0 Å². The lowest BCUT2D eigenvalue weighted by Crippen LogP contribution is -2.32. The first-order valence-electron chi connectivity index (χ1n) is 7.39. The molecule has 2 bridgehead atoms. The topological polar surface area (TPSA) is 38.7 Å². The third-order valence-electron chi connectivity index (χ3n) is 5.84. The lowest BCUT2D eigenvalue weighted by atomic mass is 9.70. The van der Waals surface area contributed by atoms with E-state index in [1.54, 1.807) is 24.3 Å². The number of halogens is 1. The minimum atomic E-state index is -0.489. The first-order chi connectivity index (χ1) is 9.86. The molecule has 0 radical (unpaired) electrons. The zero-order chi connectivity index (χ0) is 15.3. The molecular formula is C17H20ClNO2. The van der Waals surface area contributed by atoms with Crippen molar-refractivity contribution in [1.29, 1.82) is 0 Å². The van der Waals surface area contributed by atoms with Crippen molar-refractivity contribution in [1.82, 2.24) is 0 Å². The van der Waals surface area contributed by atoms with Gasteiger partial charge in [-0.05, 0) is 42.7 Å². The van der Waals surface area contributed by atoms with Gasteiger partial charge in [0.2, 0.25) is 0 Å². The number of rotatable bonds is 2. The fourth-order valence-electron chi connectivity index (χ4n) is 3.84. The summed E-state index contributed by atoms with van der Waals surface area (Å²) in [7, 11) is 0. The molecule has 0 heterocycles. The van der Waals surface area contributed by atoms with Gasteiger partial charge in [-0.1, -0.05) is 49.7 Å². The predicted octanol–water partition coefficient (Wildman–Crippen LogP) is 4.70. The Morgan fingerprint density at radius 1 is 1.33 bits per heavy atom. The molecule has 21 heavy (non-hydrogen) atoms. The van der Waals surface area contributed by atoms with Crippen LogP contribution in [0.4, 0.5) is 0 Å². The number of carbonyl (C=O) groups is 1. The van der Waals surface area contributed by atoms with Gasteiger partial charge in [-0.2, -0.15) is 0 Å². The molecule has 0 N–H and O–H groups in total. The maximum Gasteiger partial charge on any atom is 0.367 e. The Morgan fingerprint density at radius 3 is 2.62 bits per heavy atom. The van der Waals surface area contributed by atoms with Crippen molar-refractivity contribution in [3.8, 4) is 0 Å². The van der Waals surface area contributed by atoms with Crippen molar-refractivity contribution in [2.75, 3.05) is 0 Å². The van der Waals surface area contributed by atoms with Crippen LogP contribution in [0.2, 0.25) is 5.02 Å². The minimum absolute atomic E-state index is 0.0401.